The Balaban J connectivity index is 1.43. The van der Waals surface area contributed by atoms with Crippen LogP contribution in [0.1, 0.15) is 29.9 Å². The molecule has 0 aromatic carbocycles. The molecule has 0 saturated carbocycles. The van der Waals surface area contributed by atoms with Crippen LogP contribution in [0.4, 0.5) is 0 Å². The molecule has 1 fully saturated rings. The van der Waals surface area contributed by atoms with Crippen molar-refractivity contribution in [1.82, 2.24) is 28.7 Å². The maximum Gasteiger partial charge on any atom is 0.250 e. The van der Waals surface area contributed by atoms with E-state index in [1.54, 1.807) is 16.3 Å². The first-order valence-corrected chi connectivity index (χ1v) is 11.4. The van der Waals surface area contributed by atoms with E-state index in [2.05, 4.69) is 15.2 Å². The summed E-state index contributed by atoms with van der Waals surface area (Å²) >= 11 is 0. The van der Waals surface area contributed by atoms with E-state index in [0.29, 0.717) is 32.0 Å². The summed E-state index contributed by atoms with van der Waals surface area (Å²) in [6.45, 7) is 3.87. The van der Waals surface area contributed by atoms with Crippen LogP contribution in [-0.4, -0.2) is 70.0 Å². The zero-order valence-electron chi connectivity index (χ0n) is 16.9. The smallest absolute Gasteiger partial charge is 0.250 e. The van der Waals surface area contributed by atoms with Gasteiger partial charge in [0.1, 0.15) is 6.33 Å². The van der Waals surface area contributed by atoms with E-state index in [1.807, 2.05) is 19.2 Å². The summed E-state index contributed by atoms with van der Waals surface area (Å²) in [4.78, 5) is 4.36. The van der Waals surface area contributed by atoms with Gasteiger partial charge in [0.05, 0.1) is 18.9 Å². The Kier molecular flexibility index (Phi) is 4.75. The van der Waals surface area contributed by atoms with Crippen LogP contribution in [0.3, 0.4) is 0 Å². The van der Waals surface area contributed by atoms with Gasteiger partial charge in [-0.1, -0.05) is 0 Å². The molecule has 3 aromatic heterocycles. The lowest BCUT2D eigenvalue weighted by molar-refractivity contribution is 0.0387. The van der Waals surface area contributed by atoms with Crippen molar-refractivity contribution in [2.75, 3.05) is 26.8 Å². The molecule has 30 heavy (non-hydrogen) atoms. The topological polar surface area (TPSA) is 104 Å². The van der Waals surface area contributed by atoms with Crippen molar-refractivity contribution >= 4 is 15.7 Å². The molecule has 0 aliphatic carbocycles. The normalized spacial score (nSPS) is 22.7. The van der Waals surface area contributed by atoms with Crippen LogP contribution in [0, 0.1) is 6.92 Å². The zero-order valence-corrected chi connectivity index (χ0v) is 17.7. The Morgan fingerprint density at radius 3 is 2.97 bits per heavy atom. The summed E-state index contributed by atoms with van der Waals surface area (Å²) in [6.07, 6.45) is 6.08. The zero-order chi connectivity index (χ0) is 20.9. The van der Waals surface area contributed by atoms with E-state index in [4.69, 9.17) is 9.47 Å². The molecule has 2 atom stereocenters. The van der Waals surface area contributed by atoms with Gasteiger partial charge >= 0.3 is 0 Å². The van der Waals surface area contributed by atoms with Crippen molar-refractivity contribution in [2.45, 2.75) is 43.2 Å². The van der Waals surface area contributed by atoms with E-state index in [0.717, 1.165) is 23.2 Å². The lowest BCUT2D eigenvalue weighted by atomic mass is 9.86. The first-order chi connectivity index (χ1) is 14.5. The van der Waals surface area contributed by atoms with E-state index in [-0.39, 0.29) is 23.5 Å². The molecule has 0 N–H and O–H groups in total. The first-order valence-electron chi connectivity index (χ1n) is 10.0. The minimum Gasteiger partial charge on any atom is -0.477 e. The lowest BCUT2D eigenvalue weighted by Crippen LogP contribution is -2.46. The third-order valence-corrected chi connectivity index (χ3v) is 7.86. The van der Waals surface area contributed by atoms with Crippen molar-refractivity contribution in [2.24, 2.45) is 0 Å². The third-order valence-electron chi connectivity index (χ3n) is 6.02. The largest absolute Gasteiger partial charge is 0.477 e. The highest BCUT2D eigenvalue weighted by Crippen LogP contribution is 2.36. The van der Waals surface area contributed by atoms with Gasteiger partial charge in [0.2, 0.25) is 15.9 Å². The lowest BCUT2D eigenvalue weighted by Gasteiger charge is -2.37. The molecule has 11 heteroatoms. The number of pyridine rings is 1. The molecule has 0 amide bonds. The number of fused-ring (bicyclic) bond motifs is 2. The van der Waals surface area contributed by atoms with Gasteiger partial charge in [-0.25, -0.2) is 22.6 Å². The predicted octanol–water partition coefficient (Wildman–Crippen LogP) is 1.21. The second kappa shape index (κ2) is 7.33. The average Bonchev–Trinajstić information content (AvgIpc) is 3.39. The van der Waals surface area contributed by atoms with Gasteiger partial charge in [0.25, 0.3) is 0 Å². The number of aromatic nitrogens is 5. The molecule has 0 radical (unpaired) electrons. The molecule has 160 valence electrons. The maximum absolute atomic E-state index is 13.3. The highest BCUT2D eigenvalue weighted by molar-refractivity contribution is 7.89. The number of hydrogen-bond acceptors (Lipinski definition) is 7. The van der Waals surface area contributed by atoms with Crippen molar-refractivity contribution in [3.05, 3.63) is 35.9 Å². The average molecular weight is 433 g/mol. The predicted molar refractivity (Wildman–Crippen MR) is 107 cm³/mol. The first kappa shape index (κ1) is 19.5. The minimum absolute atomic E-state index is 0.0624. The van der Waals surface area contributed by atoms with Gasteiger partial charge in [0.15, 0.2) is 10.5 Å². The number of nitrogens with zero attached hydrogens (tertiary/aromatic N) is 6. The Labute approximate surface area is 174 Å². The summed E-state index contributed by atoms with van der Waals surface area (Å²) in [5.74, 6) is 0.400. The number of rotatable bonds is 4. The quantitative estimate of drug-likeness (QED) is 0.610. The van der Waals surface area contributed by atoms with E-state index >= 15 is 0 Å². The molecular weight excluding hydrogens is 408 g/mol. The summed E-state index contributed by atoms with van der Waals surface area (Å²) in [5.41, 5.74) is 2.98. The summed E-state index contributed by atoms with van der Waals surface area (Å²) in [7, 11) is -2.10. The molecule has 10 nitrogen and oxygen atoms in total. The van der Waals surface area contributed by atoms with Gasteiger partial charge in [-0.05, 0) is 30.5 Å². The second-order valence-corrected chi connectivity index (χ2v) is 9.65. The molecule has 2 aliphatic heterocycles. The van der Waals surface area contributed by atoms with Gasteiger partial charge in [-0.2, -0.15) is 14.5 Å². The molecular formula is C19H24N6O4S. The standard InChI is InChI=1S/C19H24N6O4S/c1-13-8-18-20-12-22-25(18)10-15(13)14-4-6-23(11-16(14)28-2)30(26,27)17-9-21-24-5-3-7-29-19(17)24/h8-10,12,14,16H,3-7,11H2,1-2H3/t14-,16+/m0/s1. The van der Waals surface area contributed by atoms with Crippen molar-refractivity contribution in [3.8, 4) is 5.88 Å². The summed E-state index contributed by atoms with van der Waals surface area (Å²) < 4.78 is 42.9. The SMILES string of the molecule is CO[C@@H]1CN(S(=O)(=O)c2cnn3c2OCCC3)CC[C@H]1c1cn2ncnc2cc1C. The van der Waals surface area contributed by atoms with E-state index in [9.17, 15) is 8.42 Å². The van der Waals surface area contributed by atoms with E-state index in [1.165, 1.54) is 16.8 Å². The summed E-state index contributed by atoms with van der Waals surface area (Å²) in [5, 5.41) is 8.42. The fourth-order valence-corrected chi connectivity index (χ4v) is 5.96. The van der Waals surface area contributed by atoms with Gasteiger partial charge < -0.3 is 9.47 Å². The second-order valence-electron chi connectivity index (χ2n) is 7.75. The van der Waals surface area contributed by atoms with Crippen LogP contribution < -0.4 is 4.74 Å². The third kappa shape index (κ3) is 3.08. The van der Waals surface area contributed by atoms with Crippen molar-refractivity contribution in [1.29, 1.82) is 0 Å². The fraction of sp³-hybridized carbons (Fsp3) is 0.526. The van der Waals surface area contributed by atoms with E-state index < -0.39 is 10.0 Å². The molecule has 0 unspecified atom stereocenters. The Hall–Kier alpha value is -2.50. The highest BCUT2D eigenvalue weighted by Gasteiger charge is 2.39. The minimum atomic E-state index is -3.73. The highest BCUT2D eigenvalue weighted by atomic mass is 32.2. The number of hydrogen-bond donors (Lipinski definition) is 0. The molecule has 1 saturated heterocycles. The number of methoxy groups -OCH3 is 1. The van der Waals surface area contributed by atoms with Crippen LogP contribution in [0.5, 0.6) is 5.88 Å². The number of piperidine rings is 1. The van der Waals surface area contributed by atoms with Crippen LogP contribution in [0.25, 0.3) is 5.65 Å². The van der Waals surface area contributed by atoms with Gasteiger partial charge in [-0.15, -0.1) is 0 Å². The Morgan fingerprint density at radius 2 is 2.13 bits per heavy atom. The molecule has 3 aromatic rings. The maximum atomic E-state index is 13.3. The van der Waals surface area contributed by atoms with Gasteiger partial charge in [0, 0.05) is 45.3 Å². The monoisotopic (exact) mass is 432 g/mol. The molecule has 2 aliphatic rings. The summed E-state index contributed by atoms with van der Waals surface area (Å²) in [6, 6.07) is 1.99. The number of sulfonamides is 1. The molecule has 0 spiro atoms. The van der Waals surface area contributed by atoms with Crippen LogP contribution in [-0.2, 0) is 21.3 Å². The van der Waals surface area contributed by atoms with Gasteiger partial charge in [-0.3, -0.25) is 0 Å². The molecule has 5 rings (SSSR count). The molecule has 0 bridgehead atoms. The number of ether oxygens (including phenoxy) is 2. The van der Waals surface area contributed by atoms with Crippen LogP contribution >= 0.6 is 0 Å². The fourth-order valence-electron chi connectivity index (χ4n) is 4.42. The van der Waals surface area contributed by atoms with Crippen molar-refractivity contribution < 1.29 is 17.9 Å². The molecule has 5 heterocycles. The van der Waals surface area contributed by atoms with Crippen molar-refractivity contribution in [3.63, 3.8) is 0 Å². The van der Waals surface area contributed by atoms with Crippen LogP contribution in [0.15, 0.2) is 29.7 Å². The Bertz CT molecular complexity index is 1190. The van der Waals surface area contributed by atoms with Crippen LogP contribution in [0.2, 0.25) is 0 Å². The number of aryl methyl sites for hydroxylation is 2. The Morgan fingerprint density at radius 1 is 1.27 bits per heavy atom.